The van der Waals surface area contributed by atoms with Gasteiger partial charge in [0, 0.05) is 18.9 Å². The summed E-state index contributed by atoms with van der Waals surface area (Å²) in [5.41, 5.74) is 0. The third kappa shape index (κ3) is 2.04. The molecule has 2 saturated carbocycles. The number of fused-ring (bicyclic) bond motifs is 2. The normalized spacial score (nSPS) is 42.5. The van der Waals surface area contributed by atoms with Gasteiger partial charge in [-0.1, -0.05) is 6.42 Å². The van der Waals surface area contributed by atoms with E-state index in [0.29, 0.717) is 12.4 Å². The predicted octanol–water partition coefficient (Wildman–Crippen LogP) is 2.81. The zero-order valence-electron chi connectivity index (χ0n) is 9.99. The summed E-state index contributed by atoms with van der Waals surface area (Å²) < 4.78 is 5.41. The van der Waals surface area contributed by atoms with E-state index in [-0.39, 0.29) is 5.92 Å². The average Bonchev–Trinajstić information content (AvgIpc) is 2.92. The summed E-state index contributed by atoms with van der Waals surface area (Å²) in [5, 5.41) is 0. The Labute approximate surface area is 97.7 Å². The molecule has 3 fully saturated rings. The highest BCUT2D eigenvalue weighted by molar-refractivity contribution is 5.81. The molecule has 3 rings (SSSR count). The molecule has 1 heterocycles. The lowest BCUT2D eigenvalue weighted by atomic mass is 9.82. The fraction of sp³-hybridized carbons (Fsp3) is 0.929. The largest absolute Gasteiger partial charge is 0.381 e. The lowest BCUT2D eigenvalue weighted by Gasteiger charge is -2.25. The number of carbonyl (C=O) groups is 1. The van der Waals surface area contributed by atoms with Crippen LogP contribution in [0.5, 0.6) is 0 Å². The van der Waals surface area contributed by atoms with Gasteiger partial charge < -0.3 is 4.74 Å². The minimum atomic E-state index is 0.230. The Morgan fingerprint density at radius 2 is 2.12 bits per heavy atom. The Balaban J connectivity index is 1.52. The van der Waals surface area contributed by atoms with Crippen molar-refractivity contribution in [2.75, 3.05) is 13.2 Å². The molecule has 2 heteroatoms. The molecule has 0 amide bonds. The molecule has 4 atom stereocenters. The maximum Gasteiger partial charge on any atom is 0.138 e. The molecule has 1 aliphatic heterocycles. The van der Waals surface area contributed by atoms with E-state index in [1.807, 2.05) is 0 Å². The first-order chi connectivity index (χ1) is 7.83. The first-order valence-corrected chi connectivity index (χ1v) is 6.93. The van der Waals surface area contributed by atoms with Crippen LogP contribution in [0.2, 0.25) is 0 Å². The van der Waals surface area contributed by atoms with Gasteiger partial charge in [0.2, 0.25) is 0 Å². The highest BCUT2D eigenvalue weighted by Gasteiger charge is 2.40. The van der Waals surface area contributed by atoms with E-state index in [9.17, 15) is 4.79 Å². The van der Waals surface area contributed by atoms with Crippen molar-refractivity contribution in [3.8, 4) is 0 Å². The maximum absolute atomic E-state index is 12.2. The summed E-state index contributed by atoms with van der Waals surface area (Å²) in [6, 6.07) is 0. The zero-order chi connectivity index (χ0) is 11.0. The van der Waals surface area contributed by atoms with Crippen LogP contribution in [0, 0.1) is 23.7 Å². The van der Waals surface area contributed by atoms with E-state index in [2.05, 4.69) is 0 Å². The van der Waals surface area contributed by atoms with Crippen molar-refractivity contribution in [3.63, 3.8) is 0 Å². The molecule has 16 heavy (non-hydrogen) atoms. The second kappa shape index (κ2) is 4.48. The second-order valence-electron chi connectivity index (χ2n) is 6.02. The topological polar surface area (TPSA) is 26.3 Å². The van der Waals surface area contributed by atoms with E-state index in [4.69, 9.17) is 4.74 Å². The van der Waals surface area contributed by atoms with Gasteiger partial charge in [0.05, 0.1) is 6.61 Å². The third-order valence-electron chi connectivity index (χ3n) is 4.96. The lowest BCUT2D eigenvalue weighted by Crippen LogP contribution is -2.27. The minimum absolute atomic E-state index is 0.230. The number of Topliss-reactive ketones (excluding diaryl/α,β-unsaturated/α-hetero) is 1. The van der Waals surface area contributed by atoms with Crippen molar-refractivity contribution >= 4 is 5.78 Å². The van der Waals surface area contributed by atoms with Crippen molar-refractivity contribution < 1.29 is 9.53 Å². The van der Waals surface area contributed by atoms with Gasteiger partial charge in [-0.25, -0.2) is 0 Å². The average molecular weight is 222 g/mol. The van der Waals surface area contributed by atoms with Gasteiger partial charge in [0.25, 0.3) is 0 Å². The summed E-state index contributed by atoms with van der Waals surface area (Å²) in [6.45, 7) is 1.55. The highest BCUT2D eigenvalue weighted by atomic mass is 16.5. The second-order valence-corrected chi connectivity index (χ2v) is 6.02. The van der Waals surface area contributed by atoms with Crippen LogP contribution in [0.25, 0.3) is 0 Å². The molecule has 3 aliphatic rings. The van der Waals surface area contributed by atoms with Crippen LogP contribution in [0.15, 0.2) is 0 Å². The fourth-order valence-electron chi connectivity index (χ4n) is 4.05. The van der Waals surface area contributed by atoms with Crippen LogP contribution in [-0.4, -0.2) is 19.0 Å². The van der Waals surface area contributed by atoms with E-state index in [1.54, 1.807) is 0 Å². The number of hydrogen-bond acceptors (Lipinski definition) is 2. The molecule has 2 aliphatic carbocycles. The molecule has 1 saturated heterocycles. The first-order valence-electron chi connectivity index (χ1n) is 6.93. The monoisotopic (exact) mass is 222 g/mol. The SMILES string of the molecule is O=C(CC1CC2CCC1C2)C1CCCOC1. The van der Waals surface area contributed by atoms with Crippen LogP contribution < -0.4 is 0 Å². The Morgan fingerprint density at radius 1 is 1.19 bits per heavy atom. The molecule has 0 aromatic rings. The van der Waals surface area contributed by atoms with E-state index < -0.39 is 0 Å². The third-order valence-corrected chi connectivity index (χ3v) is 4.96. The van der Waals surface area contributed by atoms with Gasteiger partial charge in [0.15, 0.2) is 0 Å². The predicted molar refractivity (Wildman–Crippen MR) is 62.1 cm³/mol. The quantitative estimate of drug-likeness (QED) is 0.734. The van der Waals surface area contributed by atoms with Crippen LogP contribution in [-0.2, 0) is 9.53 Å². The van der Waals surface area contributed by atoms with Gasteiger partial charge in [-0.05, 0) is 49.9 Å². The van der Waals surface area contributed by atoms with Crippen LogP contribution in [0.3, 0.4) is 0 Å². The Kier molecular flexibility index (Phi) is 3.01. The van der Waals surface area contributed by atoms with E-state index in [1.165, 1.54) is 25.7 Å². The standard InChI is InChI=1S/C14H22O2/c15-14(12-2-1-5-16-9-12)8-13-7-10-3-4-11(13)6-10/h10-13H,1-9H2. The van der Waals surface area contributed by atoms with Gasteiger partial charge in [-0.2, -0.15) is 0 Å². The van der Waals surface area contributed by atoms with Gasteiger partial charge in [0.1, 0.15) is 5.78 Å². The summed E-state index contributed by atoms with van der Waals surface area (Å²) in [7, 11) is 0. The van der Waals surface area contributed by atoms with Crippen molar-refractivity contribution in [2.45, 2.75) is 44.9 Å². The molecule has 2 nitrogen and oxygen atoms in total. The van der Waals surface area contributed by atoms with Crippen LogP contribution in [0.4, 0.5) is 0 Å². The molecule has 0 radical (unpaired) electrons. The van der Waals surface area contributed by atoms with Crippen molar-refractivity contribution in [3.05, 3.63) is 0 Å². The summed E-state index contributed by atoms with van der Waals surface area (Å²) in [5.74, 6) is 3.31. The molecule has 0 N–H and O–H groups in total. The number of ketones is 1. The molecular weight excluding hydrogens is 200 g/mol. The fourth-order valence-corrected chi connectivity index (χ4v) is 4.05. The molecule has 0 aromatic carbocycles. The zero-order valence-corrected chi connectivity index (χ0v) is 9.99. The highest BCUT2D eigenvalue weighted by Crippen LogP contribution is 2.49. The Morgan fingerprint density at radius 3 is 2.75 bits per heavy atom. The molecule has 4 unspecified atom stereocenters. The number of carbonyl (C=O) groups excluding carboxylic acids is 1. The lowest BCUT2D eigenvalue weighted by molar-refractivity contribution is -0.128. The van der Waals surface area contributed by atoms with Crippen LogP contribution >= 0.6 is 0 Å². The number of hydrogen-bond donors (Lipinski definition) is 0. The van der Waals surface area contributed by atoms with Crippen molar-refractivity contribution in [1.82, 2.24) is 0 Å². The summed E-state index contributed by atoms with van der Waals surface area (Å²) in [4.78, 5) is 12.2. The summed E-state index contributed by atoms with van der Waals surface area (Å²) in [6.07, 6.45) is 8.58. The Bertz CT molecular complexity index is 268. The van der Waals surface area contributed by atoms with Gasteiger partial charge >= 0.3 is 0 Å². The molecular formula is C14H22O2. The van der Waals surface area contributed by atoms with Crippen LogP contribution in [0.1, 0.15) is 44.9 Å². The van der Waals surface area contributed by atoms with Gasteiger partial charge in [-0.15, -0.1) is 0 Å². The molecule has 0 aromatic heterocycles. The summed E-state index contributed by atoms with van der Waals surface area (Å²) >= 11 is 0. The van der Waals surface area contributed by atoms with E-state index >= 15 is 0 Å². The van der Waals surface area contributed by atoms with E-state index in [0.717, 1.165) is 43.6 Å². The van der Waals surface area contributed by atoms with Crippen molar-refractivity contribution in [2.24, 2.45) is 23.7 Å². The number of rotatable bonds is 3. The molecule has 90 valence electrons. The van der Waals surface area contributed by atoms with Crippen molar-refractivity contribution in [1.29, 1.82) is 0 Å². The van der Waals surface area contributed by atoms with Gasteiger partial charge in [-0.3, -0.25) is 4.79 Å². The Hall–Kier alpha value is -0.370. The maximum atomic E-state index is 12.2. The smallest absolute Gasteiger partial charge is 0.138 e. The molecule has 2 bridgehead atoms. The minimum Gasteiger partial charge on any atom is -0.381 e. The number of ether oxygens (including phenoxy) is 1. The molecule has 0 spiro atoms. The first kappa shape index (κ1) is 10.8.